The molecule has 2 aromatic heterocycles. The van der Waals surface area contributed by atoms with Crippen molar-refractivity contribution in [2.45, 2.75) is 10.2 Å². The van der Waals surface area contributed by atoms with Crippen molar-refractivity contribution in [1.29, 1.82) is 0 Å². The van der Waals surface area contributed by atoms with Crippen LogP contribution in [0.15, 0.2) is 51.4 Å². The highest BCUT2D eigenvalue weighted by molar-refractivity contribution is 9.10. The van der Waals surface area contributed by atoms with Crippen LogP contribution in [-0.4, -0.2) is 15.0 Å². The van der Waals surface area contributed by atoms with E-state index in [4.69, 9.17) is 0 Å². The summed E-state index contributed by atoms with van der Waals surface area (Å²) in [5.41, 5.74) is 0. The van der Waals surface area contributed by atoms with Crippen molar-refractivity contribution in [2.24, 2.45) is 0 Å². The van der Waals surface area contributed by atoms with Crippen LogP contribution in [0.3, 0.4) is 0 Å². The summed E-state index contributed by atoms with van der Waals surface area (Å²) in [4.78, 5) is 12.4. The quantitative estimate of drug-likeness (QED) is 0.785. The Kier molecular flexibility index (Phi) is 3.10. The van der Waals surface area contributed by atoms with Crippen LogP contribution >= 0.6 is 27.7 Å². The zero-order chi connectivity index (χ0) is 9.80. The van der Waals surface area contributed by atoms with E-state index in [-0.39, 0.29) is 0 Å². The Morgan fingerprint density at radius 2 is 1.86 bits per heavy atom. The molecule has 2 rings (SSSR count). The Bertz CT molecular complexity index is 404. The summed E-state index contributed by atoms with van der Waals surface area (Å²) in [5, 5.41) is 1.60. The standard InChI is InChI=1S/C9H6BrN3S/c10-7-5-12-9(13-6-7)14-8-3-1-2-4-11-8/h1-6H. The van der Waals surface area contributed by atoms with Gasteiger partial charge >= 0.3 is 0 Å². The molecule has 0 atom stereocenters. The predicted molar refractivity (Wildman–Crippen MR) is 58.1 cm³/mol. The van der Waals surface area contributed by atoms with Crippen LogP contribution < -0.4 is 0 Å². The lowest BCUT2D eigenvalue weighted by Crippen LogP contribution is -1.85. The normalized spacial score (nSPS) is 10.1. The van der Waals surface area contributed by atoms with E-state index in [2.05, 4.69) is 30.9 Å². The number of hydrogen-bond donors (Lipinski definition) is 0. The van der Waals surface area contributed by atoms with Crippen LogP contribution in [0.4, 0.5) is 0 Å². The fourth-order valence-electron chi connectivity index (χ4n) is 0.854. The van der Waals surface area contributed by atoms with E-state index in [0.717, 1.165) is 9.50 Å². The molecule has 2 heterocycles. The SMILES string of the molecule is Brc1cnc(Sc2ccccn2)nc1. The van der Waals surface area contributed by atoms with Crippen LogP contribution in [0.5, 0.6) is 0 Å². The van der Waals surface area contributed by atoms with Gasteiger partial charge in [-0.25, -0.2) is 15.0 Å². The van der Waals surface area contributed by atoms with E-state index in [9.17, 15) is 0 Å². The van der Waals surface area contributed by atoms with E-state index in [1.165, 1.54) is 11.8 Å². The first-order chi connectivity index (χ1) is 6.84. The summed E-state index contributed by atoms with van der Waals surface area (Å²) in [5.74, 6) is 0. The third-order valence-electron chi connectivity index (χ3n) is 1.43. The van der Waals surface area contributed by atoms with Gasteiger partial charge in [0, 0.05) is 18.6 Å². The van der Waals surface area contributed by atoms with E-state index in [0.29, 0.717) is 5.16 Å². The maximum Gasteiger partial charge on any atom is 0.193 e. The molecule has 0 spiro atoms. The summed E-state index contributed by atoms with van der Waals surface area (Å²) in [7, 11) is 0. The first-order valence-electron chi connectivity index (χ1n) is 3.91. The third-order valence-corrected chi connectivity index (χ3v) is 2.68. The molecule has 0 unspecified atom stereocenters. The van der Waals surface area contributed by atoms with Gasteiger partial charge in [0.15, 0.2) is 5.16 Å². The van der Waals surface area contributed by atoms with E-state index < -0.39 is 0 Å². The van der Waals surface area contributed by atoms with E-state index in [1.807, 2.05) is 18.2 Å². The Morgan fingerprint density at radius 3 is 2.50 bits per heavy atom. The Balaban J connectivity index is 2.16. The second-order valence-electron chi connectivity index (χ2n) is 2.45. The van der Waals surface area contributed by atoms with Gasteiger partial charge in [-0.1, -0.05) is 6.07 Å². The van der Waals surface area contributed by atoms with Crippen molar-refractivity contribution in [3.63, 3.8) is 0 Å². The minimum atomic E-state index is 0.701. The van der Waals surface area contributed by atoms with Crippen molar-refractivity contribution in [3.05, 3.63) is 41.3 Å². The molecular weight excluding hydrogens is 262 g/mol. The molecule has 0 amide bonds. The van der Waals surface area contributed by atoms with Crippen LogP contribution in [0.25, 0.3) is 0 Å². The van der Waals surface area contributed by atoms with Crippen molar-refractivity contribution in [2.75, 3.05) is 0 Å². The second kappa shape index (κ2) is 4.52. The van der Waals surface area contributed by atoms with Crippen LogP contribution in [0.1, 0.15) is 0 Å². The number of pyridine rings is 1. The Hall–Kier alpha value is -0.940. The highest BCUT2D eigenvalue weighted by Crippen LogP contribution is 2.21. The largest absolute Gasteiger partial charge is 0.249 e. The zero-order valence-corrected chi connectivity index (χ0v) is 9.49. The summed E-state index contributed by atoms with van der Waals surface area (Å²) in [6, 6.07) is 5.75. The maximum absolute atomic E-state index is 4.17. The van der Waals surface area contributed by atoms with Crippen LogP contribution in [-0.2, 0) is 0 Å². The predicted octanol–water partition coefficient (Wildman–Crippen LogP) is 2.79. The van der Waals surface area contributed by atoms with Gasteiger partial charge in [0.25, 0.3) is 0 Å². The maximum atomic E-state index is 4.17. The highest BCUT2D eigenvalue weighted by atomic mass is 79.9. The monoisotopic (exact) mass is 267 g/mol. The molecule has 0 N–H and O–H groups in total. The van der Waals surface area contributed by atoms with E-state index >= 15 is 0 Å². The van der Waals surface area contributed by atoms with Gasteiger partial charge in [-0.15, -0.1) is 0 Å². The Morgan fingerprint density at radius 1 is 1.07 bits per heavy atom. The van der Waals surface area contributed by atoms with Crippen molar-refractivity contribution >= 4 is 27.7 Å². The van der Waals surface area contributed by atoms with Crippen molar-refractivity contribution in [1.82, 2.24) is 15.0 Å². The lowest BCUT2D eigenvalue weighted by atomic mass is 10.5. The summed E-state index contributed by atoms with van der Waals surface area (Å²) in [6.07, 6.45) is 5.19. The smallest absolute Gasteiger partial charge is 0.193 e. The molecule has 0 saturated heterocycles. The molecule has 14 heavy (non-hydrogen) atoms. The summed E-state index contributed by atoms with van der Waals surface area (Å²) < 4.78 is 0.878. The number of aromatic nitrogens is 3. The van der Waals surface area contributed by atoms with Crippen LogP contribution in [0.2, 0.25) is 0 Å². The first kappa shape index (κ1) is 9.61. The highest BCUT2D eigenvalue weighted by Gasteiger charge is 1.99. The topological polar surface area (TPSA) is 38.7 Å². The second-order valence-corrected chi connectivity index (χ2v) is 4.36. The molecule has 0 aliphatic heterocycles. The third kappa shape index (κ3) is 2.52. The Labute approximate surface area is 94.1 Å². The van der Waals surface area contributed by atoms with Gasteiger partial charge in [0.1, 0.15) is 5.03 Å². The molecule has 0 fully saturated rings. The zero-order valence-electron chi connectivity index (χ0n) is 7.09. The summed E-state index contributed by atoms with van der Waals surface area (Å²) >= 11 is 4.72. The molecule has 0 aliphatic carbocycles. The molecule has 0 aliphatic rings. The molecule has 5 heteroatoms. The molecule has 0 radical (unpaired) electrons. The van der Waals surface area contributed by atoms with Crippen molar-refractivity contribution < 1.29 is 0 Å². The number of rotatable bonds is 2. The lowest BCUT2D eigenvalue weighted by molar-refractivity contribution is 0.952. The molecular formula is C9H6BrN3S. The van der Waals surface area contributed by atoms with Gasteiger partial charge in [-0.2, -0.15) is 0 Å². The van der Waals surface area contributed by atoms with Gasteiger partial charge in [0.05, 0.1) is 4.47 Å². The average molecular weight is 268 g/mol. The van der Waals surface area contributed by atoms with Gasteiger partial charge in [0.2, 0.25) is 0 Å². The fraction of sp³-hybridized carbons (Fsp3) is 0. The van der Waals surface area contributed by atoms with Crippen LogP contribution in [0, 0.1) is 0 Å². The van der Waals surface area contributed by atoms with E-state index in [1.54, 1.807) is 18.6 Å². The molecule has 3 nitrogen and oxygen atoms in total. The molecule has 0 bridgehead atoms. The minimum Gasteiger partial charge on any atom is -0.249 e. The average Bonchev–Trinajstić information content (AvgIpc) is 2.23. The van der Waals surface area contributed by atoms with Gasteiger partial charge in [-0.05, 0) is 39.8 Å². The lowest BCUT2D eigenvalue weighted by Gasteiger charge is -1.97. The van der Waals surface area contributed by atoms with Gasteiger partial charge < -0.3 is 0 Å². The fourth-order valence-corrected chi connectivity index (χ4v) is 1.72. The number of halogens is 1. The van der Waals surface area contributed by atoms with Gasteiger partial charge in [-0.3, -0.25) is 0 Å². The number of nitrogens with zero attached hydrogens (tertiary/aromatic N) is 3. The number of hydrogen-bond acceptors (Lipinski definition) is 4. The first-order valence-corrected chi connectivity index (χ1v) is 5.52. The minimum absolute atomic E-state index is 0.701. The molecule has 0 aromatic carbocycles. The molecule has 2 aromatic rings. The molecule has 70 valence electrons. The van der Waals surface area contributed by atoms with Crippen molar-refractivity contribution in [3.8, 4) is 0 Å². The molecule has 0 saturated carbocycles. The summed E-state index contributed by atoms with van der Waals surface area (Å²) in [6.45, 7) is 0.